The van der Waals surface area contributed by atoms with Crippen LogP contribution in [-0.2, 0) is 11.8 Å². The zero-order valence-corrected chi connectivity index (χ0v) is 13.8. The minimum absolute atomic E-state index is 0. The third-order valence-electron chi connectivity index (χ3n) is 4.19. The molecule has 1 saturated carbocycles. The first-order chi connectivity index (χ1) is 10.6. The Morgan fingerprint density at radius 2 is 2.26 bits per heavy atom. The summed E-state index contributed by atoms with van der Waals surface area (Å²) in [4.78, 5) is 12.2. The van der Waals surface area contributed by atoms with Crippen molar-refractivity contribution in [2.75, 3.05) is 5.32 Å². The molecule has 1 aliphatic rings. The fraction of sp³-hybridized carbons (Fsp3) is 0.467. The van der Waals surface area contributed by atoms with Gasteiger partial charge < -0.3 is 11.1 Å². The van der Waals surface area contributed by atoms with Gasteiger partial charge in [0.15, 0.2) is 5.82 Å². The Morgan fingerprint density at radius 3 is 2.91 bits per heavy atom. The monoisotopic (exact) mass is 336 g/mol. The van der Waals surface area contributed by atoms with Crippen LogP contribution in [0.3, 0.4) is 0 Å². The summed E-state index contributed by atoms with van der Waals surface area (Å²) < 4.78 is 1.60. The molecule has 8 heteroatoms. The lowest BCUT2D eigenvalue weighted by Crippen LogP contribution is -2.28. The second-order valence-corrected chi connectivity index (χ2v) is 5.81. The number of amides is 1. The van der Waals surface area contributed by atoms with E-state index in [4.69, 9.17) is 5.73 Å². The fourth-order valence-corrected chi connectivity index (χ4v) is 2.98. The van der Waals surface area contributed by atoms with Crippen molar-refractivity contribution >= 4 is 24.0 Å². The Labute approximate surface area is 141 Å². The van der Waals surface area contributed by atoms with Crippen LogP contribution >= 0.6 is 12.4 Å². The smallest absolute Gasteiger partial charge is 0.224 e. The molecule has 1 aromatic heterocycles. The number of benzene rings is 1. The van der Waals surface area contributed by atoms with Crippen molar-refractivity contribution in [3.05, 3.63) is 24.3 Å². The molecule has 1 fully saturated rings. The van der Waals surface area contributed by atoms with Gasteiger partial charge in [-0.1, -0.05) is 18.6 Å². The summed E-state index contributed by atoms with van der Waals surface area (Å²) in [5, 5.41) is 14.4. The number of anilines is 1. The van der Waals surface area contributed by atoms with E-state index in [9.17, 15) is 4.79 Å². The van der Waals surface area contributed by atoms with Gasteiger partial charge in [-0.2, -0.15) is 0 Å². The number of rotatable bonds is 4. The van der Waals surface area contributed by atoms with E-state index in [1.165, 1.54) is 0 Å². The number of halogens is 1. The Balaban J connectivity index is 0.00000192. The second kappa shape index (κ2) is 7.52. The van der Waals surface area contributed by atoms with Crippen LogP contribution in [0.2, 0.25) is 0 Å². The summed E-state index contributed by atoms with van der Waals surface area (Å²) in [6.07, 6.45) is 3.66. The molecule has 2 atom stereocenters. The number of carbonyl (C=O) groups excluding carboxylic acids is 1. The van der Waals surface area contributed by atoms with Crippen LogP contribution in [-0.4, -0.2) is 32.2 Å². The summed E-state index contributed by atoms with van der Waals surface area (Å²) in [7, 11) is 1.78. The molecule has 1 aliphatic carbocycles. The molecule has 0 spiro atoms. The van der Waals surface area contributed by atoms with E-state index in [2.05, 4.69) is 20.8 Å². The molecular formula is C15H21ClN6O. The molecule has 23 heavy (non-hydrogen) atoms. The van der Waals surface area contributed by atoms with Crippen molar-refractivity contribution in [1.82, 2.24) is 20.2 Å². The van der Waals surface area contributed by atoms with E-state index in [-0.39, 0.29) is 24.4 Å². The maximum Gasteiger partial charge on any atom is 0.224 e. The van der Waals surface area contributed by atoms with Crippen molar-refractivity contribution in [3.8, 4) is 11.4 Å². The van der Waals surface area contributed by atoms with Gasteiger partial charge in [-0.25, -0.2) is 4.68 Å². The third-order valence-corrected chi connectivity index (χ3v) is 4.19. The molecular weight excluding hydrogens is 316 g/mol. The van der Waals surface area contributed by atoms with Crippen molar-refractivity contribution in [1.29, 1.82) is 0 Å². The standard InChI is InChI=1S/C15H20N6O.ClH/c1-21-15(18-19-20-21)11-5-2-6-12(8-11)17-14(22)9-10-4-3-7-13(10)16;/h2,5-6,8,10,13H,3-4,7,9,16H2,1H3,(H,17,22);1H/t10-,13+;/m0./s1. The normalized spacial score (nSPS) is 20.1. The van der Waals surface area contributed by atoms with Crippen LogP contribution in [0.4, 0.5) is 5.69 Å². The van der Waals surface area contributed by atoms with Crippen molar-refractivity contribution in [2.24, 2.45) is 18.7 Å². The number of aryl methyl sites for hydroxylation is 1. The Morgan fingerprint density at radius 1 is 1.43 bits per heavy atom. The number of nitrogens with zero attached hydrogens (tertiary/aromatic N) is 4. The summed E-state index contributed by atoms with van der Waals surface area (Å²) >= 11 is 0. The number of aromatic nitrogens is 4. The number of tetrazole rings is 1. The van der Waals surface area contributed by atoms with Crippen LogP contribution in [0.25, 0.3) is 11.4 Å². The van der Waals surface area contributed by atoms with E-state index < -0.39 is 0 Å². The van der Waals surface area contributed by atoms with Gasteiger partial charge in [0, 0.05) is 30.8 Å². The van der Waals surface area contributed by atoms with Gasteiger partial charge in [-0.05, 0) is 41.3 Å². The minimum Gasteiger partial charge on any atom is -0.327 e. The number of hydrogen-bond donors (Lipinski definition) is 2. The molecule has 3 N–H and O–H groups in total. The van der Waals surface area contributed by atoms with Crippen LogP contribution in [0.5, 0.6) is 0 Å². The Kier molecular flexibility index (Phi) is 5.68. The van der Waals surface area contributed by atoms with Gasteiger partial charge >= 0.3 is 0 Å². The summed E-state index contributed by atoms with van der Waals surface area (Å²) in [5.41, 5.74) is 7.63. The lowest BCUT2D eigenvalue weighted by molar-refractivity contribution is -0.117. The maximum atomic E-state index is 12.2. The number of hydrogen-bond acceptors (Lipinski definition) is 5. The van der Waals surface area contributed by atoms with Crippen molar-refractivity contribution in [3.63, 3.8) is 0 Å². The zero-order chi connectivity index (χ0) is 15.5. The molecule has 3 rings (SSSR count). The van der Waals surface area contributed by atoms with Crippen LogP contribution < -0.4 is 11.1 Å². The Bertz CT molecular complexity index is 673. The summed E-state index contributed by atoms with van der Waals surface area (Å²) in [6.45, 7) is 0. The average molecular weight is 337 g/mol. The van der Waals surface area contributed by atoms with Gasteiger partial charge in [-0.15, -0.1) is 17.5 Å². The topological polar surface area (TPSA) is 98.7 Å². The largest absolute Gasteiger partial charge is 0.327 e. The summed E-state index contributed by atoms with van der Waals surface area (Å²) in [5.74, 6) is 0.968. The molecule has 0 unspecified atom stereocenters. The van der Waals surface area contributed by atoms with E-state index in [1.807, 2.05) is 24.3 Å². The molecule has 1 heterocycles. The second-order valence-electron chi connectivity index (χ2n) is 5.81. The quantitative estimate of drug-likeness (QED) is 0.886. The molecule has 0 aliphatic heterocycles. The van der Waals surface area contributed by atoms with E-state index in [1.54, 1.807) is 11.7 Å². The highest BCUT2D eigenvalue weighted by Gasteiger charge is 2.26. The molecule has 0 radical (unpaired) electrons. The predicted molar refractivity (Wildman–Crippen MR) is 90.0 cm³/mol. The van der Waals surface area contributed by atoms with Gasteiger partial charge in [0.1, 0.15) is 0 Å². The lowest BCUT2D eigenvalue weighted by Gasteiger charge is -2.15. The number of nitrogens with two attached hydrogens (primary N) is 1. The molecule has 124 valence electrons. The van der Waals surface area contributed by atoms with Gasteiger partial charge in [-0.3, -0.25) is 4.79 Å². The SMILES string of the molecule is Cl.Cn1nnnc1-c1cccc(NC(=O)C[C@@H]2CCC[C@H]2N)c1. The predicted octanol–water partition coefficient (Wildman–Crippen LogP) is 1.75. The molecule has 0 bridgehead atoms. The van der Waals surface area contributed by atoms with Gasteiger partial charge in [0.2, 0.25) is 5.91 Å². The average Bonchev–Trinajstić information content (AvgIpc) is 3.08. The first-order valence-corrected chi connectivity index (χ1v) is 7.51. The lowest BCUT2D eigenvalue weighted by atomic mass is 10.00. The Hall–Kier alpha value is -1.99. The van der Waals surface area contributed by atoms with Gasteiger partial charge in [0.25, 0.3) is 0 Å². The molecule has 2 aromatic rings. The molecule has 1 aromatic carbocycles. The van der Waals surface area contributed by atoms with Crippen LogP contribution in [0.1, 0.15) is 25.7 Å². The fourth-order valence-electron chi connectivity index (χ4n) is 2.98. The number of nitrogens with one attached hydrogen (secondary N) is 1. The highest BCUT2D eigenvalue weighted by atomic mass is 35.5. The van der Waals surface area contributed by atoms with Gasteiger partial charge in [0.05, 0.1) is 0 Å². The molecule has 7 nitrogen and oxygen atoms in total. The summed E-state index contributed by atoms with van der Waals surface area (Å²) in [6, 6.07) is 7.68. The van der Waals surface area contributed by atoms with Crippen molar-refractivity contribution in [2.45, 2.75) is 31.7 Å². The zero-order valence-electron chi connectivity index (χ0n) is 13.0. The van der Waals surface area contributed by atoms with E-state index >= 15 is 0 Å². The van der Waals surface area contributed by atoms with E-state index in [0.717, 1.165) is 30.5 Å². The number of carbonyl (C=O) groups is 1. The van der Waals surface area contributed by atoms with Crippen LogP contribution in [0.15, 0.2) is 24.3 Å². The third kappa shape index (κ3) is 4.05. The molecule has 1 amide bonds. The maximum absolute atomic E-state index is 12.2. The first kappa shape index (κ1) is 17.4. The van der Waals surface area contributed by atoms with Crippen molar-refractivity contribution < 1.29 is 4.79 Å². The van der Waals surface area contributed by atoms with Crippen LogP contribution in [0, 0.1) is 5.92 Å². The highest BCUT2D eigenvalue weighted by molar-refractivity contribution is 5.91. The van der Waals surface area contributed by atoms with E-state index in [0.29, 0.717) is 18.2 Å². The highest BCUT2D eigenvalue weighted by Crippen LogP contribution is 2.27. The first-order valence-electron chi connectivity index (χ1n) is 7.51. The minimum atomic E-state index is 0. The molecule has 0 saturated heterocycles.